The number of ether oxygens (including phenoxy) is 1. The zero-order valence-electron chi connectivity index (χ0n) is 8.92. The summed E-state index contributed by atoms with van der Waals surface area (Å²) in [5.41, 5.74) is 4.92. The summed E-state index contributed by atoms with van der Waals surface area (Å²) < 4.78 is 5.29. The van der Waals surface area contributed by atoms with Gasteiger partial charge in [-0.2, -0.15) is 0 Å². The zero-order chi connectivity index (χ0) is 10.7. The van der Waals surface area contributed by atoms with Crippen LogP contribution in [0.1, 0.15) is 30.4 Å². The van der Waals surface area contributed by atoms with Gasteiger partial charge in [-0.1, -0.05) is 0 Å². The summed E-state index contributed by atoms with van der Waals surface area (Å²) in [6.07, 6.45) is 3.17. The predicted octanol–water partition coefficient (Wildman–Crippen LogP) is 0.787. The van der Waals surface area contributed by atoms with Gasteiger partial charge in [0.1, 0.15) is 12.4 Å². The second kappa shape index (κ2) is 4.55. The number of rotatable bonds is 4. The number of hydrazine groups is 1. The Balaban J connectivity index is 2.26. The van der Waals surface area contributed by atoms with Crippen LogP contribution >= 0.6 is 0 Å². The van der Waals surface area contributed by atoms with Crippen LogP contribution in [0.3, 0.4) is 0 Å². The summed E-state index contributed by atoms with van der Waals surface area (Å²) in [6, 6.07) is 0. The number of hydrogen-bond donors (Lipinski definition) is 2. The molecule has 1 aromatic rings. The molecule has 5 nitrogen and oxygen atoms in total. The molecule has 0 saturated heterocycles. The molecule has 82 valence electrons. The van der Waals surface area contributed by atoms with E-state index in [2.05, 4.69) is 15.4 Å². The van der Waals surface area contributed by atoms with Crippen molar-refractivity contribution < 1.29 is 4.74 Å². The van der Waals surface area contributed by atoms with E-state index in [4.69, 9.17) is 10.6 Å². The van der Waals surface area contributed by atoms with Crippen molar-refractivity contribution >= 4 is 5.82 Å². The molecule has 0 unspecified atom stereocenters. The quantitative estimate of drug-likeness (QED) is 0.565. The summed E-state index contributed by atoms with van der Waals surface area (Å²) in [7, 11) is 0. The summed E-state index contributed by atoms with van der Waals surface area (Å²) in [6.45, 7) is 3.08. The molecule has 15 heavy (non-hydrogen) atoms. The van der Waals surface area contributed by atoms with Crippen LogP contribution in [-0.4, -0.2) is 16.6 Å². The Labute approximate surface area is 89.0 Å². The van der Waals surface area contributed by atoms with Crippen LogP contribution in [0.2, 0.25) is 0 Å². The Kier molecular flexibility index (Phi) is 3.13. The molecule has 1 aliphatic carbocycles. The Morgan fingerprint density at radius 2 is 2.27 bits per heavy atom. The maximum atomic E-state index is 5.44. The standard InChI is InChI=1S/C10H16N4O/c1-2-15-6-9-12-8-5-3-4-7(8)10(13-9)14-11/h2-6,11H2,1H3,(H,12,13,14). The van der Waals surface area contributed by atoms with E-state index in [9.17, 15) is 0 Å². The third-order valence-electron chi connectivity index (χ3n) is 2.55. The summed E-state index contributed by atoms with van der Waals surface area (Å²) in [4.78, 5) is 8.80. The normalized spacial score (nSPS) is 14.0. The van der Waals surface area contributed by atoms with Crippen molar-refractivity contribution in [3.63, 3.8) is 0 Å². The first-order valence-electron chi connectivity index (χ1n) is 5.28. The number of fused-ring (bicyclic) bond motifs is 1. The molecule has 0 bridgehead atoms. The largest absolute Gasteiger partial charge is 0.374 e. The zero-order valence-corrected chi connectivity index (χ0v) is 8.92. The molecule has 0 saturated carbocycles. The van der Waals surface area contributed by atoms with E-state index >= 15 is 0 Å². The highest BCUT2D eigenvalue weighted by molar-refractivity contribution is 5.47. The second-order valence-electron chi connectivity index (χ2n) is 3.55. The van der Waals surface area contributed by atoms with Crippen molar-refractivity contribution in [2.24, 2.45) is 5.84 Å². The molecule has 0 aliphatic heterocycles. The molecule has 0 aromatic carbocycles. The Hall–Kier alpha value is -1.20. The number of nitrogen functional groups attached to an aromatic ring is 1. The van der Waals surface area contributed by atoms with Gasteiger partial charge in [0.05, 0.1) is 0 Å². The second-order valence-corrected chi connectivity index (χ2v) is 3.55. The average Bonchev–Trinajstić information content (AvgIpc) is 2.73. The number of nitrogens with one attached hydrogen (secondary N) is 1. The van der Waals surface area contributed by atoms with Gasteiger partial charge < -0.3 is 10.2 Å². The highest BCUT2D eigenvalue weighted by Gasteiger charge is 2.18. The van der Waals surface area contributed by atoms with Crippen molar-refractivity contribution in [3.05, 3.63) is 17.1 Å². The van der Waals surface area contributed by atoms with E-state index in [1.165, 1.54) is 0 Å². The lowest BCUT2D eigenvalue weighted by Crippen LogP contribution is -2.14. The van der Waals surface area contributed by atoms with E-state index < -0.39 is 0 Å². The van der Waals surface area contributed by atoms with Gasteiger partial charge in [-0.05, 0) is 26.2 Å². The third-order valence-corrected chi connectivity index (χ3v) is 2.55. The molecule has 1 heterocycles. The topological polar surface area (TPSA) is 73.1 Å². The molecule has 3 N–H and O–H groups in total. The van der Waals surface area contributed by atoms with Gasteiger partial charge in [0.2, 0.25) is 0 Å². The predicted molar refractivity (Wildman–Crippen MR) is 57.2 cm³/mol. The molecule has 0 amide bonds. The van der Waals surface area contributed by atoms with Gasteiger partial charge in [-0.25, -0.2) is 15.8 Å². The van der Waals surface area contributed by atoms with Crippen LogP contribution < -0.4 is 11.3 Å². The van der Waals surface area contributed by atoms with E-state index in [0.29, 0.717) is 19.0 Å². The van der Waals surface area contributed by atoms with E-state index in [1.54, 1.807) is 0 Å². The van der Waals surface area contributed by atoms with Gasteiger partial charge >= 0.3 is 0 Å². The molecule has 0 atom stereocenters. The van der Waals surface area contributed by atoms with Crippen LogP contribution in [0.25, 0.3) is 0 Å². The van der Waals surface area contributed by atoms with Crippen molar-refractivity contribution in [1.82, 2.24) is 9.97 Å². The Morgan fingerprint density at radius 1 is 1.40 bits per heavy atom. The molecule has 5 heteroatoms. The van der Waals surface area contributed by atoms with Crippen molar-refractivity contribution in [2.45, 2.75) is 32.8 Å². The molecule has 0 radical (unpaired) electrons. The minimum atomic E-state index is 0.457. The molecule has 0 fully saturated rings. The number of nitrogens with zero attached hydrogens (tertiary/aromatic N) is 2. The van der Waals surface area contributed by atoms with Gasteiger partial charge in [0.25, 0.3) is 0 Å². The van der Waals surface area contributed by atoms with Crippen LogP contribution in [-0.2, 0) is 24.2 Å². The summed E-state index contributed by atoms with van der Waals surface area (Å²) >= 11 is 0. The SMILES string of the molecule is CCOCc1nc2c(c(NN)n1)CCC2. The van der Waals surface area contributed by atoms with Crippen LogP contribution in [0.15, 0.2) is 0 Å². The lowest BCUT2D eigenvalue weighted by Gasteiger charge is -2.08. The number of hydrogen-bond acceptors (Lipinski definition) is 5. The molecule has 0 spiro atoms. The molecular formula is C10H16N4O. The van der Waals surface area contributed by atoms with E-state index in [1.807, 2.05) is 6.92 Å². The molecule has 1 aromatic heterocycles. The first-order valence-corrected chi connectivity index (χ1v) is 5.28. The van der Waals surface area contributed by atoms with Gasteiger partial charge in [-0.3, -0.25) is 0 Å². The number of aromatic nitrogens is 2. The maximum Gasteiger partial charge on any atom is 0.156 e. The minimum Gasteiger partial charge on any atom is -0.374 e. The first-order chi connectivity index (χ1) is 7.35. The molecule has 2 rings (SSSR count). The van der Waals surface area contributed by atoms with Crippen LogP contribution in [0, 0.1) is 0 Å². The van der Waals surface area contributed by atoms with E-state index in [-0.39, 0.29) is 0 Å². The van der Waals surface area contributed by atoms with Crippen LogP contribution in [0.4, 0.5) is 5.82 Å². The van der Waals surface area contributed by atoms with Crippen molar-refractivity contribution in [1.29, 1.82) is 0 Å². The number of anilines is 1. The smallest absolute Gasteiger partial charge is 0.156 e. The highest BCUT2D eigenvalue weighted by atomic mass is 16.5. The number of aryl methyl sites for hydroxylation is 1. The van der Waals surface area contributed by atoms with Crippen molar-refractivity contribution in [2.75, 3.05) is 12.0 Å². The Morgan fingerprint density at radius 3 is 3.00 bits per heavy atom. The fourth-order valence-corrected chi connectivity index (χ4v) is 1.86. The monoisotopic (exact) mass is 208 g/mol. The average molecular weight is 208 g/mol. The third kappa shape index (κ3) is 2.08. The highest BCUT2D eigenvalue weighted by Crippen LogP contribution is 2.25. The minimum absolute atomic E-state index is 0.457. The van der Waals surface area contributed by atoms with E-state index in [0.717, 1.165) is 36.3 Å². The van der Waals surface area contributed by atoms with Crippen LogP contribution in [0.5, 0.6) is 0 Å². The molecular weight excluding hydrogens is 192 g/mol. The fourth-order valence-electron chi connectivity index (χ4n) is 1.86. The van der Waals surface area contributed by atoms with Crippen molar-refractivity contribution in [3.8, 4) is 0 Å². The fraction of sp³-hybridized carbons (Fsp3) is 0.600. The summed E-state index contributed by atoms with van der Waals surface area (Å²) in [5, 5.41) is 0. The van der Waals surface area contributed by atoms with Gasteiger partial charge in [0, 0.05) is 17.9 Å². The van der Waals surface area contributed by atoms with Gasteiger partial charge in [0.15, 0.2) is 5.82 Å². The lowest BCUT2D eigenvalue weighted by atomic mass is 10.2. The Bertz CT molecular complexity index is 354. The maximum absolute atomic E-state index is 5.44. The van der Waals surface area contributed by atoms with Gasteiger partial charge in [-0.15, -0.1) is 0 Å². The first kappa shape index (κ1) is 10.3. The molecule has 1 aliphatic rings. The summed E-state index contributed by atoms with van der Waals surface area (Å²) in [5.74, 6) is 6.91. The lowest BCUT2D eigenvalue weighted by molar-refractivity contribution is 0.128. The number of nitrogens with two attached hydrogens (primary N) is 1.